The van der Waals surface area contributed by atoms with Crippen molar-refractivity contribution in [1.29, 1.82) is 0 Å². The minimum Gasteiger partial charge on any atom is -0.428 e. The second-order valence-corrected chi connectivity index (χ2v) is 6.93. The molecule has 1 aromatic carbocycles. The Morgan fingerprint density at radius 3 is 2.45 bits per heavy atom. The summed E-state index contributed by atoms with van der Waals surface area (Å²) in [5.74, 6) is -1.75. The fourth-order valence-corrected chi connectivity index (χ4v) is 3.19. The van der Waals surface area contributed by atoms with E-state index in [0.717, 1.165) is 16.8 Å². The lowest BCUT2D eigenvalue weighted by atomic mass is 10.1. The number of aryl methyl sites for hydroxylation is 1. The van der Waals surface area contributed by atoms with Gasteiger partial charge in [0.25, 0.3) is 5.19 Å². The molecule has 0 bridgehead atoms. The molecule has 0 unspecified atom stereocenters. The van der Waals surface area contributed by atoms with Crippen LogP contribution in [0.2, 0.25) is 10.0 Å². The van der Waals surface area contributed by atoms with E-state index in [0.29, 0.717) is 0 Å². The summed E-state index contributed by atoms with van der Waals surface area (Å²) in [4.78, 5) is 0. The minimum atomic E-state index is -4.72. The van der Waals surface area contributed by atoms with Crippen LogP contribution in [0.5, 0.6) is 16.8 Å². The maximum Gasteiger partial charge on any atom is 0.445 e. The number of hydrogen-bond donors (Lipinski definition) is 0. The molecule has 0 aliphatic heterocycles. The summed E-state index contributed by atoms with van der Waals surface area (Å²) in [6.45, 7) is -3.20. The van der Waals surface area contributed by atoms with Crippen molar-refractivity contribution in [1.82, 2.24) is 20.0 Å². The van der Waals surface area contributed by atoms with Crippen LogP contribution in [0.15, 0.2) is 12.1 Å². The molecule has 0 aliphatic carbocycles. The Labute approximate surface area is 171 Å². The van der Waals surface area contributed by atoms with Gasteiger partial charge >= 0.3 is 12.8 Å². The number of nitrogens with zero attached hydrogens (tertiary/aromatic N) is 4. The van der Waals surface area contributed by atoms with E-state index < -0.39 is 39.7 Å². The van der Waals surface area contributed by atoms with E-state index in [2.05, 4.69) is 20.0 Å². The van der Waals surface area contributed by atoms with Gasteiger partial charge in [0.15, 0.2) is 0 Å². The molecule has 0 saturated heterocycles. The molecular formula is C14H6Cl2F6N4O2S. The Morgan fingerprint density at radius 2 is 1.86 bits per heavy atom. The molecular weight excluding hydrogens is 473 g/mol. The zero-order valence-corrected chi connectivity index (χ0v) is 16.1. The molecule has 0 aliphatic rings. The van der Waals surface area contributed by atoms with Gasteiger partial charge in [-0.3, -0.25) is 0 Å². The standard InChI is InChI=1S/C14H6Cl2F6N4O2S/c1-26-10(28-12(18)19)8(16)9(25-26)4-2-7(5(15)3-6(4)17)27-13-24-23-11(29-13)14(20,21)22/h2-3,12H,1H3. The predicted molar refractivity (Wildman–Crippen MR) is 90.2 cm³/mol. The van der Waals surface area contributed by atoms with Crippen molar-refractivity contribution in [3.63, 3.8) is 0 Å². The third kappa shape index (κ3) is 4.51. The van der Waals surface area contributed by atoms with Gasteiger partial charge in [-0.15, -0.1) is 5.10 Å². The van der Waals surface area contributed by atoms with E-state index in [1.54, 1.807) is 0 Å². The summed E-state index contributed by atoms with van der Waals surface area (Å²) in [6.07, 6.45) is -4.72. The van der Waals surface area contributed by atoms with Crippen LogP contribution >= 0.6 is 34.5 Å². The Kier molecular flexibility index (Phi) is 5.83. The van der Waals surface area contributed by atoms with Crippen molar-refractivity contribution in [2.45, 2.75) is 12.8 Å². The lowest BCUT2D eigenvalue weighted by molar-refractivity contribution is -0.138. The normalized spacial score (nSPS) is 11.9. The summed E-state index contributed by atoms with van der Waals surface area (Å²) in [5.41, 5.74) is -0.605. The molecule has 0 radical (unpaired) electrons. The SMILES string of the molecule is Cn1nc(-c2cc(Oc3nnc(C(F)(F)F)s3)c(Cl)cc2F)c(Cl)c1OC(F)F. The van der Waals surface area contributed by atoms with Gasteiger partial charge in [0.2, 0.25) is 10.9 Å². The summed E-state index contributed by atoms with van der Waals surface area (Å²) >= 11 is 11.9. The highest BCUT2D eigenvalue weighted by atomic mass is 35.5. The number of alkyl halides is 5. The Balaban J connectivity index is 2.00. The van der Waals surface area contributed by atoms with Crippen LogP contribution in [-0.4, -0.2) is 26.6 Å². The van der Waals surface area contributed by atoms with Crippen molar-refractivity contribution >= 4 is 34.5 Å². The van der Waals surface area contributed by atoms with Crippen molar-refractivity contribution in [3.8, 4) is 28.1 Å². The molecule has 0 atom stereocenters. The highest BCUT2D eigenvalue weighted by Gasteiger charge is 2.36. The number of halogens is 8. The zero-order chi connectivity index (χ0) is 21.5. The minimum absolute atomic E-state index is 0.0948. The lowest BCUT2D eigenvalue weighted by Crippen LogP contribution is -2.06. The van der Waals surface area contributed by atoms with Gasteiger partial charge in [0.1, 0.15) is 22.3 Å². The first-order valence-electron chi connectivity index (χ1n) is 7.22. The lowest BCUT2D eigenvalue weighted by Gasteiger charge is -2.08. The van der Waals surface area contributed by atoms with Crippen LogP contribution in [0.4, 0.5) is 26.3 Å². The fourth-order valence-electron chi connectivity index (χ4n) is 2.12. The van der Waals surface area contributed by atoms with Crippen LogP contribution in [0, 0.1) is 5.82 Å². The van der Waals surface area contributed by atoms with E-state index in [1.807, 2.05) is 0 Å². The number of benzene rings is 1. The number of ether oxygens (including phenoxy) is 2. The molecule has 0 saturated carbocycles. The van der Waals surface area contributed by atoms with Gasteiger partial charge in [0.05, 0.1) is 5.02 Å². The maximum atomic E-state index is 14.4. The topological polar surface area (TPSA) is 62.1 Å². The van der Waals surface area contributed by atoms with Gasteiger partial charge in [-0.2, -0.15) is 27.1 Å². The maximum absolute atomic E-state index is 14.4. The van der Waals surface area contributed by atoms with Gasteiger partial charge < -0.3 is 9.47 Å². The van der Waals surface area contributed by atoms with E-state index in [1.165, 1.54) is 7.05 Å². The average molecular weight is 479 g/mol. The average Bonchev–Trinajstić information content (AvgIpc) is 3.17. The molecule has 3 aromatic rings. The highest BCUT2D eigenvalue weighted by Crippen LogP contribution is 2.42. The largest absolute Gasteiger partial charge is 0.445 e. The van der Waals surface area contributed by atoms with Crippen LogP contribution in [0.1, 0.15) is 5.01 Å². The van der Waals surface area contributed by atoms with Gasteiger partial charge in [-0.1, -0.05) is 39.6 Å². The summed E-state index contributed by atoms with van der Waals surface area (Å²) in [5, 5.41) is 7.52. The van der Waals surface area contributed by atoms with Crippen molar-refractivity contribution in [3.05, 3.63) is 33.0 Å². The highest BCUT2D eigenvalue weighted by molar-refractivity contribution is 7.13. The molecule has 0 fully saturated rings. The monoisotopic (exact) mass is 478 g/mol. The van der Waals surface area contributed by atoms with Gasteiger partial charge in [-0.25, -0.2) is 9.07 Å². The number of rotatable bonds is 5. The van der Waals surface area contributed by atoms with Crippen LogP contribution in [0.3, 0.4) is 0 Å². The molecule has 29 heavy (non-hydrogen) atoms. The summed E-state index contributed by atoms with van der Waals surface area (Å²) in [6, 6.07) is 1.77. The van der Waals surface area contributed by atoms with Gasteiger partial charge in [-0.05, 0) is 12.1 Å². The Hall–Kier alpha value is -2.25. The van der Waals surface area contributed by atoms with Crippen LogP contribution in [-0.2, 0) is 13.2 Å². The number of aromatic nitrogens is 4. The second-order valence-electron chi connectivity index (χ2n) is 5.21. The molecule has 156 valence electrons. The van der Waals surface area contributed by atoms with E-state index >= 15 is 0 Å². The van der Waals surface area contributed by atoms with Crippen molar-refractivity contribution in [2.24, 2.45) is 7.05 Å². The molecule has 15 heteroatoms. The summed E-state index contributed by atoms with van der Waals surface area (Å²) in [7, 11) is 1.23. The second kappa shape index (κ2) is 7.88. The smallest absolute Gasteiger partial charge is 0.428 e. The van der Waals surface area contributed by atoms with Crippen molar-refractivity contribution in [2.75, 3.05) is 0 Å². The fraction of sp³-hybridized carbons (Fsp3) is 0.214. The van der Waals surface area contributed by atoms with E-state index in [-0.39, 0.29) is 33.4 Å². The first kappa shape index (κ1) is 21.5. The molecule has 0 spiro atoms. The molecule has 2 aromatic heterocycles. The van der Waals surface area contributed by atoms with E-state index in [9.17, 15) is 26.3 Å². The molecule has 6 nitrogen and oxygen atoms in total. The zero-order valence-electron chi connectivity index (χ0n) is 13.8. The third-order valence-corrected chi connectivity index (χ3v) is 4.75. The predicted octanol–water partition coefficient (Wildman–Crippen LogP) is 5.80. The first-order chi connectivity index (χ1) is 13.5. The van der Waals surface area contributed by atoms with Crippen LogP contribution < -0.4 is 9.47 Å². The van der Waals surface area contributed by atoms with Gasteiger partial charge in [0, 0.05) is 12.6 Å². The quantitative estimate of drug-likeness (QED) is 0.434. The Bertz CT molecular complexity index is 1060. The molecule has 3 rings (SSSR count). The molecule has 0 amide bonds. The van der Waals surface area contributed by atoms with Crippen LogP contribution in [0.25, 0.3) is 11.3 Å². The third-order valence-electron chi connectivity index (χ3n) is 3.26. The first-order valence-corrected chi connectivity index (χ1v) is 8.80. The Morgan fingerprint density at radius 1 is 1.17 bits per heavy atom. The molecule has 2 heterocycles. The summed E-state index contributed by atoms with van der Waals surface area (Å²) < 4.78 is 87.5. The van der Waals surface area contributed by atoms with E-state index in [4.69, 9.17) is 27.9 Å². The molecule has 0 N–H and O–H groups in total. The van der Waals surface area contributed by atoms with Crippen molar-refractivity contribution < 1.29 is 35.8 Å². The number of hydrogen-bond acceptors (Lipinski definition) is 6.